The summed E-state index contributed by atoms with van der Waals surface area (Å²) in [4.78, 5) is 0. The van der Waals surface area contributed by atoms with Crippen LogP contribution in [0.4, 0.5) is 0 Å². The van der Waals surface area contributed by atoms with Crippen molar-refractivity contribution in [1.82, 2.24) is 0 Å². The topological polar surface area (TPSA) is 60.7 Å². The summed E-state index contributed by atoms with van der Waals surface area (Å²) in [7, 11) is 0. The molecule has 3 unspecified atom stereocenters. The van der Waals surface area contributed by atoms with Crippen LogP contribution in [0.25, 0.3) is 0 Å². The average molecular weight is 589 g/mol. The molecule has 2 rings (SSSR count). The van der Waals surface area contributed by atoms with Crippen LogP contribution in [0, 0.1) is 28.6 Å². The van der Waals surface area contributed by atoms with Crippen LogP contribution in [0.1, 0.15) is 94.9 Å². The minimum absolute atomic E-state index is 0.0153. The first-order valence-corrected chi connectivity index (χ1v) is 16.2. The van der Waals surface area contributed by atoms with Crippen molar-refractivity contribution in [2.75, 3.05) is 0 Å². The number of aliphatic hydroxyl groups excluding tert-OH is 3. The zero-order valence-corrected chi connectivity index (χ0v) is 28.6. The third-order valence-corrected chi connectivity index (χ3v) is 9.01. The molecule has 0 heterocycles. The molecule has 0 radical (unpaired) electrons. The quantitative estimate of drug-likeness (QED) is 0.157. The lowest BCUT2D eigenvalue weighted by atomic mass is 9.69. The molecule has 3 heteroatoms. The number of aliphatic hydroxyl groups is 3. The van der Waals surface area contributed by atoms with Gasteiger partial charge in [0.05, 0.1) is 18.3 Å². The van der Waals surface area contributed by atoms with Crippen LogP contribution in [0.3, 0.4) is 0 Å². The number of allylic oxidation sites excluding steroid dienone is 15. The molecule has 2 aliphatic rings. The lowest BCUT2D eigenvalue weighted by molar-refractivity contribution is -0.0439. The highest BCUT2D eigenvalue weighted by atomic mass is 16.3. The predicted molar refractivity (Wildman–Crippen MR) is 186 cm³/mol. The van der Waals surface area contributed by atoms with Gasteiger partial charge in [0.15, 0.2) is 0 Å². The summed E-state index contributed by atoms with van der Waals surface area (Å²) in [6, 6.07) is 0. The van der Waals surface area contributed by atoms with E-state index in [-0.39, 0.29) is 11.5 Å². The summed E-state index contributed by atoms with van der Waals surface area (Å²) in [5.41, 5.74) is 5.74. The maximum Gasteiger partial charge on any atom is 0.0893 e. The van der Waals surface area contributed by atoms with Crippen molar-refractivity contribution in [1.29, 1.82) is 0 Å². The zero-order valence-electron chi connectivity index (χ0n) is 28.6. The highest BCUT2D eigenvalue weighted by Crippen LogP contribution is 2.42. The van der Waals surface area contributed by atoms with Gasteiger partial charge >= 0.3 is 0 Å². The second-order valence-electron chi connectivity index (χ2n) is 14.4. The van der Waals surface area contributed by atoms with Gasteiger partial charge in [-0.25, -0.2) is 0 Å². The van der Waals surface area contributed by atoms with Crippen LogP contribution in [0.2, 0.25) is 0 Å². The molecule has 3 nitrogen and oxygen atoms in total. The van der Waals surface area contributed by atoms with E-state index in [0.29, 0.717) is 24.2 Å². The van der Waals surface area contributed by atoms with Crippen molar-refractivity contribution < 1.29 is 15.3 Å². The van der Waals surface area contributed by atoms with E-state index < -0.39 is 17.6 Å². The molecule has 0 aromatic heterocycles. The van der Waals surface area contributed by atoms with Gasteiger partial charge in [-0.2, -0.15) is 0 Å². The minimum atomic E-state index is -0.737. The Kier molecular flexibility index (Phi) is 14.2. The minimum Gasteiger partial charge on any atom is -0.393 e. The highest BCUT2D eigenvalue weighted by molar-refractivity contribution is 5.36. The molecular weight excluding hydrogens is 528 g/mol. The van der Waals surface area contributed by atoms with Gasteiger partial charge in [0, 0.05) is 5.41 Å². The molecule has 0 amide bonds. The zero-order chi connectivity index (χ0) is 32.4. The Bertz CT molecular complexity index is 1190. The van der Waals surface area contributed by atoms with Crippen LogP contribution in [-0.4, -0.2) is 33.6 Å². The number of rotatable bonds is 12. The van der Waals surface area contributed by atoms with E-state index >= 15 is 0 Å². The SMILES string of the molecule is CC1=C(/C=C/C(C)/C=C/C=C(C)/C=C/C=C/C(C)/C=C/CC(C)/C=C/C2=C(C)C[C@@H](O)[C@H](O)C2(C)C)C(C)(C)C[C@H](O)C1. The summed E-state index contributed by atoms with van der Waals surface area (Å²) in [6.07, 6.45) is 29.9. The highest BCUT2D eigenvalue weighted by Gasteiger charge is 2.40. The number of hydrogen-bond acceptors (Lipinski definition) is 3. The van der Waals surface area contributed by atoms with Gasteiger partial charge in [0.1, 0.15) is 0 Å². The van der Waals surface area contributed by atoms with Gasteiger partial charge in [0.25, 0.3) is 0 Å². The fourth-order valence-electron chi connectivity index (χ4n) is 6.37. The first kappa shape index (κ1) is 36.7. The van der Waals surface area contributed by atoms with Crippen molar-refractivity contribution in [2.24, 2.45) is 28.6 Å². The van der Waals surface area contributed by atoms with Crippen LogP contribution in [-0.2, 0) is 0 Å². The van der Waals surface area contributed by atoms with E-state index in [0.717, 1.165) is 30.4 Å². The van der Waals surface area contributed by atoms with Gasteiger partial charge in [0.2, 0.25) is 0 Å². The maximum atomic E-state index is 10.5. The van der Waals surface area contributed by atoms with E-state index in [2.05, 4.69) is 134 Å². The van der Waals surface area contributed by atoms with Gasteiger partial charge in [-0.3, -0.25) is 0 Å². The molecule has 2 aliphatic carbocycles. The van der Waals surface area contributed by atoms with Gasteiger partial charge < -0.3 is 15.3 Å². The second kappa shape index (κ2) is 16.6. The molecule has 0 saturated carbocycles. The van der Waals surface area contributed by atoms with Gasteiger partial charge in [-0.05, 0) is 80.8 Å². The average Bonchev–Trinajstić information content (AvgIpc) is 2.88. The monoisotopic (exact) mass is 588 g/mol. The van der Waals surface area contributed by atoms with Crippen molar-refractivity contribution in [3.05, 3.63) is 107 Å². The van der Waals surface area contributed by atoms with Crippen molar-refractivity contribution in [3.8, 4) is 0 Å². The Balaban J connectivity index is 1.81. The Morgan fingerprint density at radius 2 is 1.40 bits per heavy atom. The summed E-state index contributed by atoms with van der Waals surface area (Å²) in [5.74, 6) is 1.08. The van der Waals surface area contributed by atoms with Crippen LogP contribution in [0.5, 0.6) is 0 Å². The van der Waals surface area contributed by atoms with Crippen LogP contribution in [0.15, 0.2) is 107 Å². The summed E-state index contributed by atoms with van der Waals surface area (Å²) >= 11 is 0. The summed E-state index contributed by atoms with van der Waals surface area (Å²) in [5, 5.41) is 30.7. The molecule has 0 saturated heterocycles. The first-order valence-electron chi connectivity index (χ1n) is 16.2. The van der Waals surface area contributed by atoms with Crippen LogP contribution >= 0.6 is 0 Å². The standard InChI is InChI=1S/C40H60O3/c1-28(17-13-19-30(3)21-23-35-32(5)25-34(41)27-39(35,7)8)15-11-12-16-29(2)18-14-20-31(4)22-24-36-33(6)26-37(42)38(43)40(36,9)10/h11-19,21-24,29-31,34,37-38,41-43H,20,25-27H2,1-10H3/b15-11+,16-12+,18-14+,19-13+,23-21+,24-22+,28-17+/t29?,30?,31?,34-,37-,38+/m1/s1. The first-order chi connectivity index (χ1) is 20.0. The molecule has 0 aromatic rings. The molecule has 238 valence electrons. The van der Waals surface area contributed by atoms with E-state index in [1.807, 2.05) is 13.8 Å². The molecule has 6 atom stereocenters. The van der Waals surface area contributed by atoms with Crippen molar-refractivity contribution in [2.45, 2.75) is 113 Å². The Hall–Kier alpha value is -2.46. The molecule has 0 aromatic carbocycles. The Morgan fingerprint density at radius 1 is 0.791 bits per heavy atom. The third-order valence-electron chi connectivity index (χ3n) is 9.01. The van der Waals surface area contributed by atoms with E-state index in [4.69, 9.17) is 0 Å². The molecule has 0 aliphatic heterocycles. The summed E-state index contributed by atoms with van der Waals surface area (Å²) < 4.78 is 0. The maximum absolute atomic E-state index is 10.5. The molecule has 0 fully saturated rings. The smallest absolute Gasteiger partial charge is 0.0893 e. The van der Waals surface area contributed by atoms with Crippen LogP contribution < -0.4 is 0 Å². The largest absolute Gasteiger partial charge is 0.393 e. The molecular formula is C40H60O3. The lowest BCUT2D eigenvalue weighted by Crippen LogP contribution is -2.44. The van der Waals surface area contributed by atoms with E-state index in [1.54, 1.807) is 0 Å². The second-order valence-corrected chi connectivity index (χ2v) is 14.4. The fraction of sp³-hybridized carbons (Fsp3) is 0.550. The van der Waals surface area contributed by atoms with Crippen molar-refractivity contribution in [3.63, 3.8) is 0 Å². The number of hydrogen-bond donors (Lipinski definition) is 3. The van der Waals surface area contributed by atoms with Gasteiger partial charge in [-0.1, -0.05) is 144 Å². The Morgan fingerprint density at radius 3 is 2.07 bits per heavy atom. The normalized spacial score (nSPS) is 27.7. The Labute approximate surface area is 263 Å². The molecule has 43 heavy (non-hydrogen) atoms. The third kappa shape index (κ3) is 11.5. The lowest BCUT2D eigenvalue weighted by Gasteiger charge is -2.40. The molecule has 0 spiro atoms. The van der Waals surface area contributed by atoms with E-state index in [9.17, 15) is 15.3 Å². The molecule has 0 bridgehead atoms. The van der Waals surface area contributed by atoms with Gasteiger partial charge in [-0.15, -0.1) is 0 Å². The van der Waals surface area contributed by atoms with E-state index in [1.165, 1.54) is 16.7 Å². The molecule has 3 N–H and O–H groups in total. The van der Waals surface area contributed by atoms with Crippen molar-refractivity contribution >= 4 is 0 Å². The predicted octanol–water partition coefficient (Wildman–Crippen LogP) is 9.53. The summed E-state index contributed by atoms with van der Waals surface area (Å²) in [6.45, 7) is 21.4. The fourth-order valence-corrected chi connectivity index (χ4v) is 6.37.